The van der Waals surface area contributed by atoms with Crippen molar-refractivity contribution >= 4 is 5.82 Å². The van der Waals surface area contributed by atoms with E-state index >= 15 is 0 Å². The second-order valence-corrected chi connectivity index (χ2v) is 5.20. The molecule has 112 valence electrons. The molecule has 2 aromatic heterocycles. The van der Waals surface area contributed by atoms with Crippen molar-refractivity contribution in [2.45, 2.75) is 26.1 Å². The fourth-order valence-corrected chi connectivity index (χ4v) is 2.29. The highest BCUT2D eigenvalue weighted by Gasteiger charge is 2.25. The normalized spacial score (nSPS) is 19.0. The summed E-state index contributed by atoms with van der Waals surface area (Å²) in [7, 11) is 0. The lowest BCUT2D eigenvalue weighted by molar-refractivity contribution is 0.0254. The third-order valence-corrected chi connectivity index (χ3v) is 3.21. The van der Waals surface area contributed by atoms with Gasteiger partial charge in [0.1, 0.15) is 11.9 Å². The summed E-state index contributed by atoms with van der Waals surface area (Å²) < 4.78 is 16.8. The number of anilines is 1. The van der Waals surface area contributed by atoms with Gasteiger partial charge in [0.05, 0.1) is 37.9 Å². The van der Waals surface area contributed by atoms with Crippen LogP contribution in [0.2, 0.25) is 0 Å². The van der Waals surface area contributed by atoms with E-state index in [1.807, 2.05) is 26.0 Å². The molecule has 3 heterocycles. The predicted octanol–water partition coefficient (Wildman–Crippen LogP) is 2.43. The Bertz CT molecular complexity index is 571. The van der Waals surface area contributed by atoms with Crippen molar-refractivity contribution in [3.63, 3.8) is 0 Å². The van der Waals surface area contributed by atoms with Crippen LogP contribution in [0.1, 0.15) is 25.7 Å². The third-order valence-electron chi connectivity index (χ3n) is 3.21. The van der Waals surface area contributed by atoms with Gasteiger partial charge in [0.25, 0.3) is 0 Å². The highest BCUT2D eigenvalue weighted by atomic mass is 16.5. The van der Waals surface area contributed by atoms with Crippen molar-refractivity contribution in [3.8, 4) is 5.88 Å². The quantitative estimate of drug-likeness (QED) is 0.861. The van der Waals surface area contributed by atoms with Crippen LogP contribution in [0.4, 0.5) is 5.82 Å². The second kappa shape index (κ2) is 6.13. The number of rotatable bonds is 4. The van der Waals surface area contributed by atoms with Crippen LogP contribution in [-0.4, -0.2) is 35.8 Å². The largest absolute Gasteiger partial charge is 0.474 e. The first-order valence-electron chi connectivity index (χ1n) is 7.11. The number of aromatic nitrogens is 2. The molecule has 6 heteroatoms. The molecule has 0 aromatic carbocycles. The zero-order chi connectivity index (χ0) is 14.7. The molecular weight excluding hydrogens is 270 g/mol. The molecule has 0 spiro atoms. The molecule has 1 fully saturated rings. The Morgan fingerprint density at radius 3 is 3.05 bits per heavy atom. The van der Waals surface area contributed by atoms with Gasteiger partial charge in [-0.1, -0.05) is 0 Å². The Balaban J connectivity index is 1.74. The average Bonchev–Trinajstić information content (AvgIpc) is 3.01. The van der Waals surface area contributed by atoms with E-state index < -0.39 is 0 Å². The summed E-state index contributed by atoms with van der Waals surface area (Å²) >= 11 is 0. The van der Waals surface area contributed by atoms with Crippen LogP contribution in [0.3, 0.4) is 0 Å². The van der Waals surface area contributed by atoms with Gasteiger partial charge in [-0.05, 0) is 26.0 Å². The average molecular weight is 289 g/mol. The zero-order valence-electron chi connectivity index (χ0n) is 12.2. The van der Waals surface area contributed by atoms with Crippen molar-refractivity contribution in [1.29, 1.82) is 0 Å². The molecule has 0 radical (unpaired) electrons. The Labute approximate surface area is 123 Å². The van der Waals surface area contributed by atoms with Crippen LogP contribution < -0.4 is 9.64 Å². The number of hydrogen-bond acceptors (Lipinski definition) is 6. The first kappa shape index (κ1) is 13.9. The van der Waals surface area contributed by atoms with E-state index in [1.54, 1.807) is 18.7 Å². The van der Waals surface area contributed by atoms with Crippen molar-refractivity contribution in [3.05, 3.63) is 36.5 Å². The summed E-state index contributed by atoms with van der Waals surface area (Å²) in [6, 6.07) is 3.80. The second-order valence-electron chi connectivity index (χ2n) is 5.20. The van der Waals surface area contributed by atoms with Crippen LogP contribution in [-0.2, 0) is 4.74 Å². The fourth-order valence-electron chi connectivity index (χ4n) is 2.29. The maximum absolute atomic E-state index is 5.75. The number of hydrogen-bond donors (Lipinski definition) is 0. The van der Waals surface area contributed by atoms with E-state index in [4.69, 9.17) is 13.9 Å². The molecule has 6 nitrogen and oxygen atoms in total. The van der Waals surface area contributed by atoms with Gasteiger partial charge in [0, 0.05) is 6.54 Å². The SMILES string of the molecule is CC(C)Oc1cncc(N2CCOC(c3ccco3)C2)n1. The molecule has 1 unspecified atom stereocenters. The minimum Gasteiger partial charge on any atom is -0.474 e. The predicted molar refractivity (Wildman–Crippen MR) is 77.4 cm³/mol. The topological polar surface area (TPSA) is 60.6 Å². The monoisotopic (exact) mass is 289 g/mol. The lowest BCUT2D eigenvalue weighted by atomic mass is 10.2. The number of ether oxygens (including phenoxy) is 2. The number of nitrogens with zero attached hydrogens (tertiary/aromatic N) is 3. The van der Waals surface area contributed by atoms with Crippen molar-refractivity contribution in [2.75, 3.05) is 24.6 Å². The lowest BCUT2D eigenvalue weighted by Crippen LogP contribution is -2.38. The molecule has 2 aromatic rings. The molecule has 21 heavy (non-hydrogen) atoms. The van der Waals surface area contributed by atoms with Gasteiger partial charge < -0.3 is 18.8 Å². The Kier molecular flexibility index (Phi) is 4.06. The van der Waals surface area contributed by atoms with Gasteiger partial charge in [-0.3, -0.25) is 4.98 Å². The van der Waals surface area contributed by atoms with Crippen LogP contribution >= 0.6 is 0 Å². The van der Waals surface area contributed by atoms with Crippen molar-refractivity contribution in [1.82, 2.24) is 9.97 Å². The molecule has 1 saturated heterocycles. The van der Waals surface area contributed by atoms with E-state index in [9.17, 15) is 0 Å². The fraction of sp³-hybridized carbons (Fsp3) is 0.467. The van der Waals surface area contributed by atoms with Crippen LogP contribution in [0.25, 0.3) is 0 Å². The first-order valence-corrected chi connectivity index (χ1v) is 7.11. The molecule has 0 bridgehead atoms. The molecular formula is C15H19N3O3. The maximum Gasteiger partial charge on any atom is 0.234 e. The van der Waals surface area contributed by atoms with E-state index in [-0.39, 0.29) is 12.2 Å². The minimum atomic E-state index is -0.0785. The van der Waals surface area contributed by atoms with Gasteiger partial charge in [0.15, 0.2) is 5.82 Å². The van der Waals surface area contributed by atoms with Crippen molar-refractivity contribution < 1.29 is 13.9 Å². The van der Waals surface area contributed by atoms with Crippen LogP contribution in [0, 0.1) is 0 Å². The van der Waals surface area contributed by atoms with Gasteiger partial charge in [-0.25, -0.2) is 0 Å². The van der Waals surface area contributed by atoms with Gasteiger partial charge in [0.2, 0.25) is 5.88 Å². The summed E-state index contributed by atoms with van der Waals surface area (Å²) in [5, 5.41) is 0. The molecule has 3 rings (SSSR count). The van der Waals surface area contributed by atoms with E-state index in [0.717, 1.165) is 18.1 Å². The Hall–Kier alpha value is -2.08. The van der Waals surface area contributed by atoms with E-state index in [0.29, 0.717) is 19.0 Å². The summed E-state index contributed by atoms with van der Waals surface area (Å²) in [6.07, 6.45) is 5.04. The number of furan rings is 1. The lowest BCUT2D eigenvalue weighted by Gasteiger charge is -2.32. The van der Waals surface area contributed by atoms with Crippen LogP contribution in [0.5, 0.6) is 5.88 Å². The minimum absolute atomic E-state index is 0.0785. The summed E-state index contributed by atoms with van der Waals surface area (Å²) in [5.41, 5.74) is 0. The summed E-state index contributed by atoms with van der Waals surface area (Å²) in [4.78, 5) is 10.9. The molecule has 0 aliphatic carbocycles. The Morgan fingerprint density at radius 1 is 1.38 bits per heavy atom. The zero-order valence-corrected chi connectivity index (χ0v) is 12.2. The summed E-state index contributed by atoms with van der Waals surface area (Å²) in [6.45, 7) is 6.03. The highest BCUT2D eigenvalue weighted by molar-refractivity contribution is 5.38. The van der Waals surface area contributed by atoms with Crippen LogP contribution in [0.15, 0.2) is 35.2 Å². The molecule has 0 saturated carbocycles. The van der Waals surface area contributed by atoms with E-state index in [1.165, 1.54) is 0 Å². The van der Waals surface area contributed by atoms with E-state index in [2.05, 4.69) is 14.9 Å². The molecule has 0 N–H and O–H groups in total. The van der Waals surface area contributed by atoms with Crippen molar-refractivity contribution in [2.24, 2.45) is 0 Å². The molecule has 1 aliphatic rings. The van der Waals surface area contributed by atoms with Gasteiger partial charge in [-0.15, -0.1) is 0 Å². The highest BCUT2D eigenvalue weighted by Crippen LogP contribution is 2.25. The smallest absolute Gasteiger partial charge is 0.234 e. The Morgan fingerprint density at radius 2 is 2.29 bits per heavy atom. The molecule has 0 amide bonds. The first-order chi connectivity index (χ1) is 10.2. The standard InChI is InChI=1S/C15H19N3O3/c1-11(2)21-15-9-16-8-14(17-15)18-5-7-20-13(10-18)12-4-3-6-19-12/h3-4,6,8-9,11,13H,5,7,10H2,1-2H3. The maximum atomic E-state index is 5.75. The molecule has 1 aliphatic heterocycles. The van der Waals surface area contributed by atoms with Gasteiger partial charge >= 0.3 is 0 Å². The summed E-state index contributed by atoms with van der Waals surface area (Å²) in [5.74, 6) is 2.18. The third kappa shape index (κ3) is 3.33. The number of morpholine rings is 1. The molecule has 1 atom stereocenters. The van der Waals surface area contributed by atoms with Gasteiger partial charge in [-0.2, -0.15) is 4.98 Å².